The number of aliphatic imine (C=N–C) groups is 1. The van der Waals surface area contributed by atoms with Crippen molar-refractivity contribution in [2.45, 2.75) is 37.8 Å². The average Bonchev–Trinajstić information content (AvgIpc) is 3.36. The molecule has 5 nitrogen and oxygen atoms in total. The van der Waals surface area contributed by atoms with Gasteiger partial charge in [-0.25, -0.2) is 0 Å². The minimum absolute atomic E-state index is 0.400. The summed E-state index contributed by atoms with van der Waals surface area (Å²) in [6.07, 6.45) is 3.42. The van der Waals surface area contributed by atoms with E-state index in [0.29, 0.717) is 12.6 Å². The molecule has 2 fully saturated rings. The fourth-order valence-electron chi connectivity index (χ4n) is 3.43. The van der Waals surface area contributed by atoms with Crippen LogP contribution in [0.25, 0.3) is 0 Å². The summed E-state index contributed by atoms with van der Waals surface area (Å²) in [5.74, 6) is 2.64. The molecule has 0 saturated carbocycles. The third-order valence-corrected chi connectivity index (χ3v) is 7.08. The topological polar surface area (TPSA) is 59.9 Å². The second-order valence-corrected chi connectivity index (χ2v) is 8.96. The number of nitrogens with zero attached hydrogens (tertiary/aromatic N) is 2. The fourth-order valence-corrected chi connectivity index (χ4v) is 5.57. The highest BCUT2D eigenvalue weighted by atomic mass is 32.2. The van der Waals surface area contributed by atoms with E-state index in [2.05, 4.69) is 45.0 Å². The lowest BCUT2D eigenvalue weighted by Crippen LogP contribution is -2.43. The number of rotatable bonds is 7. The van der Waals surface area contributed by atoms with Crippen LogP contribution >= 0.6 is 23.1 Å². The van der Waals surface area contributed by atoms with Crippen molar-refractivity contribution in [2.24, 2.45) is 4.99 Å². The van der Waals surface area contributed by atoms with Crippen molar-refractivity contribution in [1.82, 2.24) is 15.5 Å². The molecule has 2 unspecified atom stereocenters. The van der Waals surface area contributed by atoms with Crippen LogP contribution in [0.3, 0.4) is 0 Å². The molecule has 2 saturated heterocycles. The van der Waals surface area contributed by atoms with E-state index < -0.39 is 5.60 Å². The van der Waals surface area contributed by atoms with Crippen molar-refractivity contribution in [3.05, 3.63) is 22.4 Å². The van der Waals surface area contributed by atoms with E-state index in [1.54, 1.807) is 0 Å². The highest BCUT2D eigenvalue weighted by Crippen LogP contribution is 2.29. The first-order valence-corrected chi connectivity index (χ1v) is 11.3. The summed E-state index contributed by atoms with van der Waals surface area (Å²) < 4.78 is 0. The molecule has 0 aromatic carbocycles. The van der Waals surface area contributed by atoms with Gasteiger partial charge in [-0.05, 0) is 56.5 Å². The van der Waals surface area contributed by atoms with Crippen molar-refractivity contribution in [3.8, 4) is 0 Å². The zero-order valence-corrected chi connectivity index (χ0v) is 16.7. The molecule has 0 amide bonds. The Kier molecular flexibility index (Phi) is 7.04. The van der Waals surface area contributed by atoms with E-state index in [0.717, 1.165) is 37.0 Å². The second kappa shape index (κ2) is 9.26. The highest BCUT2D eigenvalue weighted by molar-refractivity contribution is 7.99. The van der Waals surface area contributed by atoms with Gasteiger partial charge in [-0.15, -0.1) is 11.3 Å². The van der Waals surface area contributed by atoms with Gasteiger partial charge in [0.25, 0.3) is 0 Å². The number of guanidine groups is 1. The average molecular weight is 383 g/mol. The lowest BCUT2D eigenvalue weighted by atomic mass is 10.1. The maximum atomic E-state index is 10.5. The predicted molar refractivity (Wildman–Crippen MR) is 109 cm³/mol. The van der Waals surface area contributed by atoms with Gasteiger partial charge in [0.15, 0.2) is 5.96 Å². The van der Waals surface area contributed by atoms with Crippen LogP contribution in [-0.2, 0) is 0 Å². The molecule has 1 aromatic heterocycles. The number of hydrogen-bond donors (Lipinski definition) is 3. The van der Waals surface area contributed by atoms with Crippen LogP contribution in [0, 0.1) is 0 Å². The normalized spacial score (nSPS) is 26.1. The van der Waals surface area contributed by atoms with Crippen molar-refractivity contribution >= 4 is 29.1 Å². The van der Waals surface area contributed by atoms with Crippen LogP contribution in [0.5, 0.6) is 0 Å². The van der Waals surface area contributed by atoms with Gasteiger partial charge in [0.1, 0.15) is 0 Å². The molecule has 2 aliphatic heterocycles. The largest absolute Gasteiger partial charge is 0.387 e. The third kappa shape index (κ3) is 5.36. The van der Waals surface area contributed by atoms with Crippen LogP contribution < -0.4 is 10.6 Å². The zero-order valence-electron chi connectivity index (χ0n) is 15.0. The summed E-state index contributed by atoms with van der Waals surface area (Å²) in [6.45, 7) is 6.58. The predicted octanol–water partition coefficient (Wildman–Crippen LogP) is 2.31. The molecule has 0 radical (unpaired) electrons. The molecule has 0 spiro atoms. The Hall–Kier alpha value is -0.760. The van der Waals surface area contributed by atoms with Crippen LogP contribution in [0.15, 0.2) is 22.5 Å². The number of nitrogens with one attached hydrogen (secondary N) is 2. The van der Waals surface area contributed by atoms with Gasteiger partial charge in [-0.2, -0.15) is 11.8 Å². The number of likely N-dealkylation sites (tertiary alicyclic amines) is 1. The smallest absolute Gasteiger partial charge is 0.191 e. The molecule has 1 aromatic rings. The van der Waals surface area contributed by atoms with Crippen LogP contribution in [0.2, 0.25) is 0 Å². The van der Waals surface area contributed by atoms with Gasteiger partial charge in [0.05, 0.1) is 18.2 Å². The number of thioether (sulfide) groups is 1. The Morgan fingerprint density at radius 2 is 2.24 bits per heavy atom. The highest BCUT2D eigenvalue weighted by Gasteiger charge is 2.31. The summed E-state index contributed by atoms with van der Waals surface area (Å²) >= 11 is 3.65. The van der Waals surface area contributed by atoms with Gasteiger partial charge in [0.2, 0.25) is 0 Å². The van der Waals surface area contributed by atoms with Gasteiger partial charge < -0.3 is 15.7 Å². The Balaban J connectivity index is 1.61. The first kappa shape index (κ1) is 19.0. The lowest BCUT2D eigenvalue weighted by Gasteiger charge is -2.28. The summed E-state index contributed by atoms with van der Waals surface area (Å²) in [5.41, 5.74) is -0.630. The molecule has 0 aliphatic carbocycles. The van der Waals surface area contributed by atoms with E-state index in [1.165, 1.54) is 30.8 Å². The minimum atomic E-state index is -0.630. The van der Waals surface area contributed by atoms with E-state index >= 15 is 0 Å². The Bertz CT molecular complexity index is 537. The van der Waals surface area contributed by atoms with Gasteiger partial charge in [0, 0.05) is 23.7 Å². The third-order valence-electron chi connectivity index (χ3n) is 4.87. The summed E-state index contributed by atoms with van der Waals surface area (Å²) in [5, 5.41) is 19.5. The fraction of sp³-hybridized carbons (Fsp3) is 0.722. The number of aliphatic hydroxyl groups is 1. The minimum Gasteiger partial charge on any atom is -0.387 e. The summed E-state index contributed by atoms with van der Waals surface area (Å²) in [6, 6.07) is 4.77. The van der Waals surface area contributed by atoms with Crippen LogP contribution in [0.4, 0.5) is 0 Å². The van der Waals surface area contributed by atoms with Crippen LogP contribution in [0.1, 0.15) is 37.1 Å². The van der Waals surface area contributed by atoms with Crippen LogP contribution in [-0.4, -0.2) is 65.8 Å². The molecule has 2 aliphatic rings. The molecule has 7 heteroatoms. The maximum absolute atomic E-state index is 10.5. The van der Waals surface area contributed by atoms with Crippen molar-refractivity contribution in [2.75, 3.05) is 44.2 Å². The van der Waals surface area contributed by atoms with Gasteiger partial charge in [-0.3, -0.25) is 9.89 Å². The molecule has 140 valence electrons. The SMILES string of the molecule is CCNC(=NCC1(O)CCSC1)NCC(c1cccs1)N1CCCC1. The first-order chi connectivity index (χ1) is 12.2. The number of hydrogen-bond acceptors (Lipinski definition) is 5. The van der Waals surface area contributed by atoms with E-state index in [-0.39, 0.29) is 0 Å². The Morgan fingerprint density at radius 1 is 1.40 bits per heavy atom. The van der Waals surface area contributed by atoms with E-state index in [4.69, 9.17) is 0 Å². The molecule has 3 rings (SSSR count). The van der Waals surface area contributed by atoms with Crippen molar-refractivity contribution in [3.63, 3.8) is 0 Å². The molecular formula is C18H30N4OS2. The molecule has 3 heterocycles. The lowest BCUT2D eigenvalue weighted by molar-refractivity contribution is 0.0778. The second-order valence-electron chi connectivity index (χ2n) is 6.88. The molecule has 3 N–H and O–H groups in total. The van der Waals surface area contributed by atoms with Gasteiger partial charge >= 0.3 is 0 Å². The summed E-state index contributed by atoms with van der Waals surface area (Å²) in [7, 11) is 0. The van der Waals surface area contributed by atoms with E-state index in [1.807, 2.05) is 23.1 Å². The maximum Gasteiger partial charge on any atom is 0.191 e. The Morgan fingerprint density at radius 3 is 2.88 bits per heavy atom. The van der Waals surface area contributed by atoms with Crippen molar-refractivity contribution < 1.29 is 5.11 Å². The van der Waals surface area contributed by atoms with E-state index in [9.17, 15) is 5.11 Å². The molecule has 25 heavy (non-hydrogen) atoms. The zero-order chi connectivity index (χ0) is 17.5. The van der Waals surface area contributed by atoms with Crippen molar-refractivity contribution in [1.29, 1.82) is 0 Å². The quantitative estimate of drug-likeness (QED) is 0.499. The molecular weight excluding hydrogens is 352 g/mol. The summed E-state index contributed by atoms with van der Waals surface area (Å²) in [4.78, 5) is 8.65. The standard InChI is InChI=1S/C18H30N4OS2/c1-2-19-17(21-13-18(23)7-11-24-14-18)20-12-15(16-6-5-10-25-16)22-8-3-4-9-22/h5-6,10,15,23H,2-4,7-9,11-14H2,1H3,(H2,19,20,21). The monoisotopic (exact) mass is 382 g/mol. The first-order valence-electron chi connectivity index (χ1n) is 9.30. The Labute approximate surface area is 159 Å². The number of thiophene rings is 1. The molecule has 0 bridgehead atoms. The molecule has 2 atom stereocenters. The van der Waals surface area contributed by atoms with Gasteiger partial charge in [-0.1, -0.05) is 6.07 Å².